The standard InChI is InChI=1S/C21H23NO2/c1-22(17-11-5-8-14-7-3-4-9-15(14)17)18-13-19(23)21-16(18)10-6-12-20(21)24-2/h3-4,6-7,9-10,12,17-18H,5,8,11,13H2,1-2H3. The number of fused-ring (bicyclic) bond motifs is 2. The molecule has 0 heterocycles. The van der Waals surface area contributed by atoms with Crippen LogP contribution < -0.4 is 4.74 Å². The van der Waals surface area contributed by atoms with Gasteiger partial charge >= 0.3 is 0 Å². The lowest BCUT2D eigenvalue weighted by molar-refractivity contribution is 0.0932. The number of carbonyl (C=O) groups excluding carboxylic acids is 1. The van der Waals surface area contributed by atoms with E-state index >= 15 is 0 Å². The molecular weight excluding hydrogens is 298 g/mol. The Balaban J connectivity index is 1.71. The minimum atomic E-state index is 0.138. The van der Waals surface area contributed by atoms with Gasteiger partial charge in [0.25, 0.3) is 0 Å². The number of hydrogen-bond donors (Lipinski definition) is 0. The van der Waals surface area contributed by atoms with Gasteiger partial charge in [-0.3, -0.25) is 9.69 Å². The molecule has 0 bridgehead atoms. The van der Waals surface area contributed by atoms with Gasteiger partial charge < -0.3 is 4.74 Å². The number of hydrogen-bond acceptors (Lipinski definition) is 3. The van der Waals surface area contributed by atoms with Gasteiger partial charge in [0.1, 0.15) is 5.75 Å². The highest BCUT2D eigenvalue weighted by atomic mass is 16.5. The Morgan fingerprint density at radius 3 is 2.67 bits per heavy atom. The van der Waals surface area contributed by atoms with Crippen molar-refractivity contribution in [3.8, 4) is 5.75 Å². The molecule has 24 heavy (non-hydrogen) atoms. The van der Waals surface area contributed by atoms with Crippen LogP contribution in [-0.4, -0.2) is 24.8 Å². The van der Waals surface area contributed by atoms with Crippen LogP contribution in [0.2, 0.25) is 0 Å². The minimum absolute atomic E-state index is 0.138. The van der Waals surface area contributed by atoms with Crippen LogP contribution in [0.25, 0.3) is 0 Å². The molecule has 124 valence electrons. The molecule has 2 aliphatic carbocycles. The van der Waals surface area contributed by atoms with E-state index in [1.165, 1.54) is 17.5 Å². The fourth-order valence-corrected chi connectivity index (χ4v) is 4.41. The first-order valence-electron chi connectivity index (χ1n) is 8.70. The molecule has 2 aliphatic rings. The van der Waals surface area contributed by atoms with E-state index in [-0.39, 0.29) is 11.8 Å². The molecule has 0 saturated heterocycles. The van der Waals surface area contributed by atoms with Crippen LogP contribution in [0.3, 0.4) is 0 Å². The molecule has 0 aromatic heterocycles. The van der Waals surface area contributed by atoms with Gasteiger partial charge in [0.2, 0.25) is 0 Å². The number of benzene rings is 2. The quantitative estimate of drug-likeness (QED) is 0.842. The fraction of sp³-hybridized carbons (Fsp3) is 0.381. The minimum Gasteiger partial charge on any atom is -0.496 e. The number of carbonyl (C=O) groups is 1. The second-order valence-electron chi connectivity index (χ2n) is 6.84. The highest BCUT2D eigenvalue weighted by molar-refractivity contribution is 6.03. The van der Waals surface area contributed by atoms with Crippen LogP contribution in [0.15, 0.2) is 42.5 Å². The lowest BCUT2D eigenvalue weighted by Crippen LogP contribution is -2.30. The van der Waals surface area contributed by atoms with Gasteiger partial charge in [0, 0.05) is 18.5 Å². The predicted molar refractivity (Wildman–Crippen MR) is 94.6 cm³/mol. The van der Waals surface area contributed by atoms with Gasteiger partial charge in [0.05, 0.1) is 12.7 Å². The van der Waals surface area contributed by atoms with E-state index in [1.54, 1.807) is 7.11 Å². The summed E-state index contributed by atoms with van der Waals surface area (Å²) in [5.41, 5.74) is 4.77. The molecule has 0 N–H and O–H groups in total. The maximum atomic E-state index is 12.6. The maximum Gasteiger partial charge on any atom is 0.168 e. The van der Waals surface area contributed by atoms with Crippen LogP contribution in [-0.2, 0) is 6.42 Å². The highest BCUT2D eigenvalue weighted by Crippen LogP contribution is 2.44. The summed E-state index contributed by atoms with van der Waals surface area (Å²) in [6, 6.07) is 15.2. The summed E-state index contributed by atoms with van der Waals surface area (Å²) in [5.74, 6) is 0.904. The molecule has 0 spiro atoms. The van der Waals surface area contributed by atoms with Gasteiger partial charge in [0.15, 0.2) is 5.78 Å². The van der Waals surface area contributed by atoms with Crippen molar-refractivity contribution in [3.63, 3.8) is 0 Å². The second-order valence-corrected chi connectivity index (χ2v) is 6.84. The molecule has 3 heteroatoms. The van der Waals surface area contributed by atoms with Crippen LogP contribution in [0, 0.1) is 0 Å². The number of methoxy groups -OCH3 is 1. The normalized spacial score (nSPS) is 22.4. The first kappa shape index (κ1) is 15.4. The van der Waals surface area contributed by atoms with E-state index < -0.39 is 0 Å². The Kier molecular flexibility index (Phi) is 3.89. The Bertz CT molecular complexity index is 783. The smallest absolute Gasteiger partial charge is 0.168 e. The third kappa shape index (κ3) is 2.35. The SMILES string of the molecule is COc1cccc2c1C(=O)CC2N(C)C1CCCc2ccccc21. The van der Waals surface area contributed by atoms with Crippen molar-refractivity contribution in [2.24, 2.45) is 0 Å². The fourth-order valence-electron chi connectivity index (χ4n) is 4.41. The number of aryl methyl sites for hydroxylation is 1. The van der Waals surface area contributed by atoms with E-state index in [4.69, 9.17) is 4.74 Å². The second kappa shape index (κ2) is 6.06. The van der Waals surface area contributed by atoms with E-state index in [1.807, 2.05) is 12.1 Å². The molecule has 2 aromatic carbocycles. The Hall–Kier alpha value is -2.13. The van der Waals surface area contributed by atoms with Gasteiger partial charge in [-0.25, -0.2) is 0 Å². The van der Waals surface area contributed by atoms with Crippen LogP contribution in [0.1, 0.15) is 58.4 Å². The van der Waals surface area contributed by atoms with Crippen LogP contribution in [0.4, 0.5) is 0 Å². The summed E-state index contributed by atoms with van der Waals surface area (Å²) in [7, 11) is 3.80. The van der Waals surface area contributed by atoms with E-state index in [0.29, 0.717) is 18.2 Å². The Labute approximate surface area is 143 Å². The topological polar surface area (TPSA) is 29.5 Å². The lowest BCUT2D eigenvalue weighted by Gasteiger charge is -2.37. The molecule has 2 atom stereocenters. The largest absolute Gasteiger partial charge is 0.496 e. The van der Waals surface area contributed by atoms with Gasteiger partial charge in [-0.1, -0.05) is 36.4 Å². The summed E-state index contributed by atoms with van der Waals surface area (Å²) in [4.78, 5) is 15.0. The van der Waals surface area contributed by atoms with E-state index in [2.05, 4.69) is 42.3 Å². The van der Waals surface area contributed by atoms with Crippen LogP contribution >= 0.6 is 0 Å². The summed E-state index contributed by atoms with van der Waals surface area (Å²) >= 11 is 0. The monoisotopic (exact) mass is 321 g/mol. The first-order valence-corrected chi connectivity index (χ1v) is 8.70. The van der Waals surface area contributed by atoms with Crippen molar-refractivity contribution in [1.29, 1.82) is 0 Å². The van der Waals surface area contributed by atoms with Crippen LogP contribution in [0.5, 0.6) is 5.75 Å². The van der Waals surface area contributed by atoms with Gasteiger partial charge in [-0.05, 0) is 49.1 Å². The van der Waals surface area contributed by atoms with E-state index in [9.17, 15) is 4.79 Å². The molecule has 0 fully saturated rings. The number of ether oxygens (including phenoxy) is 1. The first-order chi connectivity index (χ1) is 11.7. The van der Waals surface area contributed by atoms with Crippen molar-refractivity contribution < 1.29 is 9.53 Å². The molecule has 3 nitrogen and oxygen atoms in total. The summed E-state index contributed by atoms with van der Waals surface area (Å²) in [6.45, 7) is 0. The number of nitrogens with zero attached hydrogens (tertiary/aromatic N) is 1. The molecule has 2 unspecified atom stereocenters. The Morgan fingerprint density at radius 2 is 1.83 bits per heavy atom. The number of ketones is 1. The lowest BCUT2D eigenvalue weighted by atomic mass is 9.86. The summed E-state index contributed by atoms with van der Waals surface area (Å²) in [6.07, 6.45) is 4.06. The van der Waals surface area contributed by atoms with E-state index in [0.717, 1.165) is 24.0 Å². The number of rotatable bonds is 3. The van der Waals surface area contributed by atoms with Crippen molar-refractivity contribution in [1.82, 2.24) is 4.90 Å². The summed E-state index contributed by atoms with van der Waals surface area (Å²) in [5, 5.41) is 0. The number of Topliss-reactive ketones (excluding diaryl/α,β-unsaturated/α-hetero) is 1. The zero-order valence-corrected chi connectivity index (χ0v) is 14.3. The molecule has 0 aliphatic heterocycles. The molecule has 0 amide bonds. The average Bonchev–Trinajstić information content (AvgIpc) is 2.97. The molecular formula is C21H23NO2. The summed E-state index contributed by atoms with van der Waals surface area (Å²) < 4.78 is 5.42. The average molecular weight is 321 g/mol. The predicted octanol–water partition coefficient (Wildman–Crippen LogP) is 4.33. The highest BCUT2D eigenvalue weighted by Gasteiger charge is 2.37. The van der Waals surface area contributed by atoms with Crippen molar-refractivity contribution in [2.45, 2.75) is 37.8 Å². The molecule has 0 radical (unpaired) electrons. The van der Waals surface area contributed by atoms with Gasteiger partial charge in [-0.15, -0.1) is 0 Å². The third-order valence-electron chi connectivity index (χ3n) is 5.62. The van der Waals surface area contributed by atoms with Gasteiger partial charge in [-0.2, -0.15) is 0 Å². The maximum absolute atomic E-state index is 12.6. The van der Waals surface area contributed by atoms with Crippen molar-refractivity contribution in [3.05, 3.63) is 64.7 Å². The molecule has 4 rings (SSSR count). The van der Waals surface area contributed by atoms with Crippen molar-refractivity contribution >= 4 is 5.78 Å². The molecule has 0 saturated carbocycles. The van der Waals surface area contributed by atoms with Crippen molar-refractivity contribution in [2.75, 3.05) is 14.2 Å². The zero-order valence-electron chi connectivity index (χ0n) is 14.3. The third-order valence-corrected chi connectivity index (χ3v) is 5.62. The zero-order chi connectivity index (χ0) is 16.7. The molecule has 2 aromatic rings. The Morgan fingerprint density at radius 1 is 1.04 bits per heavy atom.